The van der Waals surface area contributed by atoms with E-state index in [4.69, 9.17) is 4.42 Å². The fourth-order valence-electron chi connectivity index (χ4n) is 3.08. The number of hydrogen-bond acceptors (Lipinski definition) is 5. The van der Waals surface area contributed by atoms with Crippen LogP contribution < -0.4 is 5.32 Å². The molecule has 3 rings (SSSR count). The van der Waals surface area contributed by atoms with Crippen molar-refractivity contribution in [2.45, 2.75) is 39.0 Å². The molecule has 0 saturated carbocycles. The van der Waals surface area contributed by atoms with Crippen molar-refractivity contribution in [3.63, 3.8) is 0 Å². The molecule has 0 amide bonds. The fraction of sp³-hybridized carbons (Fsp3) is 0.562. The van der Waals surface area contributed by atoms with Crippen LogP contribution in [0.4, 0.5) is 0 Å². The van der Waals surface area contributed by atoms with Crippen molar-refractivity contribution >= 4 is 11.6 Å². The maximum Gasteiger partial charge on any atom is 0.223 e. The largest absolute Gasteiger partial charge is 0.436 e. The lowest BCUT2D eigenvalue weighted by Crippen LogP contribution is -2.26. The molecule has 0 aromatic carbocycles. The number of ketones is 2. The molecule has 112 valence electrons. The van der Waals surface area contributed by atoms with Crippen LogP contribution in [0.15, 0.2) is 16.1 Å². The van der Waals surface area contributed by atoms with Gasteiger partial charge in [0.2, 0.25) is 17.3 Å². The lowest BCUT2D eigenvalue weighted by atomic mass is 9.82. The first-order valence-corrected chi connectivity index (χ1v) is 7.71. The van der Waals surface area contributed by atoms with Crippen LogP contribution in [0.1, 0.15) is 59.5 Å². The summed E-state index contributed by atoms with van der Waals surface area (Å²) in [4.78, 5) is 29.0. The van der Waals surface area contributed by atoms with Gasteiger partial charge >= 0.3 is 0 Å². The van der Waals surface area contributed by atoms with Crippen molar-refractivity contribution in [1.29, 1.82) is 0 Å². The number of nitrogens with one attached hydrogen (secondary N) is 1. The Hall–Kier alpha value is -1.75. The minimum Gasteiger partial charge on any atom is -0.436 e. The number of aryl methyl sites for hydroxylation is 1. The molecule has 0 bridgehead atoms. The van der Waals surface area contributed by atoms with Crippen molar-refractivity contribution in [3.05, 3.63) is 29.0 Å². The summed E-state index contributed by atoms with van der Waals surface area (Å²) in [6, 6.07) is 0. The molecular weight excluding hydrogens is 268 g/mol. The average molecular weight is 288 g/mol. The van der Waals surface area contributed by atoms with Crippen LogP contribution in [-0.4, -0.2) is 29.6 Å². The Kier molecular flexibility index (Phi) is 4.01. The van der Waals surface area contributed by atoms with Gasteiger partial charge in [0.1, 0.15) is 0 Å². The maximum absolute atomic E-state index is 12.6. The van der Waals surface area contributed by atoms with E-state index in [9.17, 15) is 9.59 Å². The second-order valence-corrected chi connectivity index (χ2v) is 5.66. The monoisotopic (exact) mass is 288 g/mol. The van der Waals surface area contributed by atoms with E-state index in [-0.39, 0.29) is 28.9 Å². The molecule has 0 unspecified atom stereocenters. The predicted octanol–water partition coefficient (Wildman–Crippen LogP) is 2.32. The summed E-state index contributed by atoms with van der Waals surface area (Å²) in [5.74, 6) is 0.406. The van der Waals surface area contributed by atoms with Crippen molar-refractivity contribution in [2.24, 2.45) is 5.92 Å². The van der Waals surface area contributed by atoms with E-state index in [1.807, 2.05) is 6.92 Å². The number of allylic oxidation sites excluding steroid dienone is 2. The Balaban J connectivity index is 1.89. The van der Waals surface area contributed by atoms with E-state index in [1.165, 1.54) is 6.08 Å². The molecule has 5 nitrogen and oxygen atoms in total. The topological polar surface area (TPSA) is 72.2 Å². The molecule has 1 aromatic heterocycles. The summed E-state index contributed by atoms with van der Waals surface area (Å²) in [5, 5.41) is 3.36. The van der Waals surface area contributed by atoms with E-state index < -0.39 is 0 Å². The molecule has 0 atom stereocenters. The number of carbonyl (C=O) groups is 2. The van der Waals surface area contributed by atoms with Gasteiger partial charge in [-0.3, -0.25) is 9.59 Å². The first-order chi connectivity index (χ1) is 10.2. The molecule has 2 heterocycles. The van der Waals surface area contributed by atoms with Gasteiger partial charge in [-0.1, -0.05) is 6.92 Å². The minimum absolute atomic E-state index is 0.119. The average Bonchev–Trinajstić information content (AvgIpc) is 2.88. The molecule has 21 heavy (non-hydrogen) atoms. The highest BCUT2D eigenvalue weighted by atomic mass is 16.4. The number of rotatable bonds is 2. The second kappa shape index (κ2) is 5.93. The van der Waals surface area contributed by atoms with Gasteiger partial charge in [-0.25, -0.2) is 4.98 Å². The molecular formula is C16H20N2O3. The Labute approximate surface area is 123 Å². The van der Waals surface area contributed by atoms with E-state index in [1.54, 1.807) is 0 Å². The molecule has 1 N–H and O–H groups in total. The van der Waals surface area contributed by atoms with Crippen molar-refractivity contribution < 1.29 is 14.0 Å². The van der Waals surface area contributed by atoms with E-state index in [0.717, 1.165) is 38.8 Å². The number of fused-ring (bicyclic) bond motifs is 1. The molecule has 0 radical (unpaired) electrons. The Morgan fingerprint density at radius 2 is 2.00 bits per heavy atom. The van der Waals surface area contributed by atoms with Gasteiger partial charge in [0.25, 0.3) is 0 Å². The standard InChI is InChI=1S/C16H20N2O3/c1-2-13-18-14-15(20)11(9-12(19)16(14)21-13)10-5-3-7-17-8-4-6-10/h9-10,17H,2-8H2,1H3. The van der Waals surface area contributed by atoms with Gasteiger partial charge < -0.3 is 9.73 Å². The zero-order valence-electron chi connectivity index (χ0n) is 12.3. The third kappa shape index (κ3) is 2.70. The normalized spacial score (nSPS) is 20.7. The highest BCUT2D eigenvalue weighted by Gasteiger charge is 2.34. The van der Waals surface area contributed by atoms with E-state index >= 15 is 0 Å². The van der Waals surface area contributed by atoms with Crippen molar-refractivity contribution in [3.8, 4) is 0 Å². The number of carbonyl (C=O) groups excluding carboxylic acids is 2. The summed E-state index contributed by atoms with van der Waals surface area (Å²) in [6.45, 7) is 3.84. The lowest BCUT2D eigenvalue weighted by Gasteiger charge is -2.23. The van der Waals surface area contributed by atoms with E-state index in [2.05, 4.69) is 10.3 Å². The van der Waals surface area contributed by atoms with E-state index in [0.29, 0.717) is 17.9 Å². The molecule has 1 saturated heterocycles. The van der Waals surface area contributed by atoms with Crippen LogP contribution in [0.5, 0.6) is 0 Å². The number of Topliss-reactive ketones (excluding diaryl/α,β-unsaturated/α-hetero) is 1. The quantitative estimate of drug-likeness (QED) is 0.904. The zero-order valence-corrected chi connectivity index (χ0v) is 12.3. The van der Waals surface area contributed by atoms with Crippen LogP contribution in [0.2, 0.25) is 0 Å². The van der Waals surface area contributed by atoms with Crippen LogP contribution in [0, 0.1) is 5.92 Å². The first-order valence-electron chi connectivity index (χ1n) is 7.71. The fourth-order valence-corrected chi connectivity index (χ4v) is 3.08. The van der Waals surface area contributed by atoms with Gasteiger partial charge in [0, 0.05) is 12.0 Å². The Morgan fingerprint density at radius 3 is 2.67 bits per heavy atom. The number of nitrogens with zero attached hydrogens (tertiary/aromatic N) is 1. The summed E-state index contributed by atoms with van der Waals surface area (Å²) >= 11 is 0. The number of hydrogen-bond donors (Lipinski definition) is 1. The van der Waals surface area contributed by atoms with Crippen molar-refractivity contribution in [1.82, 2.24) is 10.3 Å². The molecule has 1 aliphatic carbocycles. The molecule has 2 aliphatic rings. The maximum atomic E-state index is 12.6. The summed E-state index contributed by atoms with van der Waals surface area (Å²) in [7, 11) is 0. The van der Waals surface area contributed by atoms with Gasteiger partial charge in [-0.15, -0.1) is 0 Å². The predicted molar refractivity (Wildman–Crippen MR) is 77.5 cm³/mol. The van der Waals surface area contributed by atoms with Crippen LogP contribution in [0.3, 0.4) is 0 Å². The summed E-state index contributed by atoms with van der Waals surface area (Å²) in [5.41, 5.74) is 0.847. The molecule has 5 heteroatoms. The third-order valence-electron chi connectivity index (χ3n) is 4.21. The number of aromatic nitrogens is 1. The smallest absolute Gasteiger partial charge is 0.223 e. The van der Waals surface area contributed by atoms with Gasteiger partial charge in [0.15, 0.2) is 11.6 Å². The second-order valence-electron chi connectivity index (χ2n) is 5.66. The molecule has 1 aromatic rings. The SMILES string of the molecule is CCc1nc2c(o1)C(=O)C=C(C1CCCNCCC1)C2=O. The third-order valence-corrected chi connectivity index (χ3v) is 4.21. The van der Waals surface area contributed by atoms with Crippen LogP contribution in [-0.2, 0) is 6.42 Å². The summed E-state index contributed by atoms with van der Waals surface area (Å²) < 4.78 is 5.38. The van der Waals surface area contributed by atoms with Crippen molar-refractivity contribution in [2.75, 3.05) is 13.1 Å². The van der Waals surface area contributed by atoms with Gasteiger partial charge in [-0.05, 0) is 50.8 Å². The Bertz CT molecular complexity index is 593. The molecule has 1 fully saturated rings. The minimum atomic E-state index is -0.216. The van der Waals surface area contributed by atoms with Gasteiger partial charge in [-0.2, -0.15) is 0 Å². The molecule has 1 aliphatic heterocycles. The lowest BCUT2D eigenvalue weighted by molar-refractivity contribution is 0.0953. The first kappa shape index (κ1) is 14.2. The highest BCUT2D eigenvalue weighted by molar-refractivity contribution is 6.22. The molecule has 0 spiro atoms. The zero-order chi connectivity index (χ0) is 14.8. The van der Waals surface area contributed by atoms with Crippen LogP contribution >= 0.6 is 0 Å². The summed E-state index contributed by atoms with van der Waals surface area (Å²) in [6.07, 6.45) is 5.98. The van der Waals surface area contributed by atoms with Crippen LogP contribution in [0.25, 0.3) is 0 Å². The highest BCUT2D eigenvalue weighted by Crippen LogP contribution is 2.31. The van der Waals surface area contributed by atoms with Gasteiger partial charge in [0.05, 0.1) is 0 Å². The number of oxazole rings is 1. The Morgan fingerprint density at radius 1 is 1.29 bits per heavy atom.